The van der Waals surface area contributed by atoms with Crippen molar-refractivity contribution in [2.75, 3.05) is 6.61 Å². The van der Waals surface area contributed by atoms with Crippen molar-refractivity contribution in [1.82, 2.24) is 9.97 Å². The minimum Gasteiger partial charge on any atom is -0.459 e. The van der Waals surface area contributed by atoms with Gasteiger partial charge in [0.05, 0.1) is 11.9 Å². The van der Waals surface area contributed by atoms with Crippen LogP contribution >= 0.6 is 35.3 Å². The molecule has 1 aliphatic rings. The van der Waals surface area contributed by atoms with E-state index in [4.69, 9.17) is 9.47 Å². The van der Waals surface area contributed by atoms with Crippen LogP contribution in [0.1, 0.15) is 20.8 Å². The first-order valence-electron chi connectivity index (χ1n) is 9.60. The predicted octanol–water partition coefficient (Wildman–Crippen LogP) is 3.96. The zero-order chi connectivity index (χ0) is 23.3. The second-order valence-electron chi connectivity index (χ2n) is 6.86. The normalized spacial score (nSPS) is 22.9. The highest BCUT2D eigenvalue weighted by Crippen LogP contribution is 2.41. The Morgan fingerprint density at radius 3 is 2.25 bits per heavy atom. The Hall–Kier alpha value is -1.95. The number of rotatable bonds is 6. The van der Waals surface area contributed by atoms with Crippen LogP contribution in [-0.4, -0.2) is 54.0 Å². The van der Waals surface area contributed by atoms with Gasteiger partial charge in [-0.3, -0.25) is 19.4 Å². The molecular weight excluding hydrogens is 475 g/mol. The number of thioether (sulfide) groups is 3. The number of carbonyl (C=O) groups is 3. The van der Waals surface area contributed by atoms with E-state index in [1.807, 2.05) is 0 Å². The number of nitrogens with zero attached hydrogens (tertiary/aromatic N) is 2. The summed E-state index contributed by atoms with van der Waals surface area (Å²) in [4.78, 5) is 43.3. The maximum atomic E-state index is 14.5. The van der Waals surface area contributed by atoms with E-state index in [1.165, 1.54) is 33.0 Å². The monoisotopic (exact) mass is 496 g/mol. The topological polar surface area (TPSA) is 95.4 Å². The minimum atomic E-state index is -1.02. The van der Waals surface area contributed by atoms with Gasteiger partial charge in [-0.1, -0.05) is 35.3 Å². The van der Waals surface area contributed by atoms with E-state index in [0.29, 0.717) is 5.56 Å². The molecule has 0 aromatic carbocycles. The molecule has 4 atom stereocenters. The molecule has 3 rings (SSSR count). The fourth-order valence-electron chi connectivity index (χ4n) is 3.15. The Labute approximate surface area is 197 Å². The van der Waals surface area contributed by atoms with Crippen LogP contribution in [0.2, 0.25) is 0 Å². The maximum absolute atomic E-state index is 14.5. The Morgan fingerprint density at radius 1 is 1.00 bits per heavy atom. The number of pyridine rings is 2. The lowest BCUT2D eigenvalue weighted by atomic mass is 10.1. The van der Waals surface area contributed by atoms with Crippen LogP contribution in [0, 0.1) is 5.95 Å². The highest BCUT2D eigenvalue weighted by atomic mass is 32.2. The largest absolute Gasteiger partial charge is 0.459 e. The molecule has 0 unspecified atom stereocenters. The summed E-state index contributed by atoms with van der Waals surface area (Å²) in [6.07, 6.45) is 3.59. The van der Waals surface area contributed by atoms with Crippen LogP contribution in [0.5, 0.6) is 5.75 Å². The Morgan fingerprint density at radius 2 is 1.62 bits per heavy atom. The summed E-state index contributed by atoms with van der Waals surface area (Å²) in [6, 6.07) is 5.01. The second-order valence-corrected chi connectivity index (χ2v) is 11.0. The molecule has 1 aliphatic heterocycles. The number of aromatic nitrogens is 2. The molecule has 32 heavy (non-hydrogen) atoms. The van der Waals surface area contributed by atoms with E-state index in [0.717, 1.165) is 40.8 Å². The molecule has 11 heteroatoms. The SMILES string of the molecule is CC(=O)S[C@@H]1[C@@H](Oc2cc(-c3ccncc3)cnc2F)OC[C@@H](SC(C)=O)[C@@H]1SC(C)=O. The Kier molecular flexibility index (Phi) is 8.69. The number of hydrogen-bond acceptors (Lipinski definition) is 10. The fraction of sp³-hybridized carbons (Fsp3) is 0.381. The molecule has 0 aliphatic carbocycles. The molecule has 0 amide bonds. The quantitative estimate of drug-likeness (QED) is 0.547. The average molecular weight is 497 g/mol. The molecule has 0 radical (unpaired) electrons. The van der Waals surface area contributed by atoms with Crippen LogP contribution in [0.15, 0.2) is 36.8 Å². The fourth-order valence-corrected chi connectivity index (χ4v) is 6.62. The zero-order valence-corrected chi connectivity index (χ0v) is 20.0. The molecule has 0 bridgehead atoms. The van der Waals surface area contributed by atoms with E-state index >= 15 is 0 Å². The van der Waals surface area contributed by atoms with Gasteiger partial charge in [-0.05, 0) is 23.8 Å². The first kappa shape index (κ1) is 24.7. The summed E-state index contributed by atoms with van der Waals surface area (Å²) in [6.45, 7) is 4.35. The third-order valence-corrected chi connectivity index (χ3v) is 8.12. The van der Waals surface area contributed by atoms with Crippen molar-refractivity contribution >= 4 is 50.6 Å². The van der Waals surface area contributed by atoms with Gasteiger partial charge in [-0.2, -0.15) is 4.39 Å². The number of halogens is 1. The van der Waals surface area contributed by atoms with Crippen molar-refractivity contribution < 1.29 is 28.2 Å². The van der Waals surface area contributed by atoms with Crippen molar-refractivity contribution in [2.45, 2.75) is 42.8 Å². The van der Waals surface area contributed by atoms with Gasteiger partial charge in [-0.15, -0.1) is 0 Å². The molecule has 1 fully saturated rings. The lowest BCUT2D eigenvalue weighted by Gasteiger charge is -2.40. The summed E-state index contributed by atoms with van der Waals surface area (Å²) in [5.74, 6) is -0.961. The van der Waals surface area contributed by atoms with Gasteiger partial charge < -0.3 is 9.47 Å². The van der Waals surface area contributed by atoms with E-state index in [9.17, 15) is 18.8 Å². The Balaban J connectivity index is 1.91. The minimum absolute atomic E-state index is 0.105. The van der Waals surface area contributed by atoms with Crippen LogP contribution in [0.25, 0.3) is 11.1 Å². The molecule has 0 saturated carbocycles. The van der Waals surface area contributed by atoms with Gasteiger partial charge in [0, 0.05) is 55.4 Å². The third-order valence-electron chi connectivity index (χ3n) is 4.37. The van der Waals surface area contributed by atoms with Crippen LogP contribution in [0.3, 0.4) is 0 Å². The van der Waals surface area contributed by atoms with Crippen LogP contribution in [0.4, 0.5) is 4.39 Å². The Bertz CT molecular complexity index is 995. The number of ether oxygens (including phenoxy) is 2. The van der Waals surface area contributed by atoms with Gasteiger partial charge >= 0.3 is 0 Å². The van der Waals surface area contributed by atoms with Gasteiger partial charge in [0.1, 0.15) is 0 Å². The highest BCUT2D eigenvalue weighted by Gasteiger charge is 2.45. The lowest BCUT2D eigenvalue weighted by molar-refractivity contribution is -0.112. The van der Waals surface area contributed by atoms with Gasteiger partial charge in [0.2, 0.25) is 6.29 Å². The van der Waals surface area contributed by atoms with E-state index in [2.05, 4.69) is 9.97 Å². The molecular formula is C21H21FN2O5S3. The van der Waals surface area contributed by atoms with Crippen molar-refractivity contribution in [2.24, 2.45) is 0 Å². The summed E-state index contributed by atoms with van der Waals surface area (Å²) in [5, 5.41) is -1.95. The predicted molar refractivity (Wildman–Crippen MR) is 124 cm³/mol. The van der Waals surface area contributed by atoms with Crippen molar-refractivity contribution in [3.63, 3.8) is 0 Å². The molecule has 2 aromatic rings. The lowest BCUT2D eigenvalue weighted by Crippen LogP contribution is -2.51. The summed E-state index contributed by atoms with van der Waals surface area (Å²) >= 11 is 3.04. The van der Waals surface area contributed by atoms with Crippen molar-refractivity contribution in [1.29, 1.82) is 0 Å². The molecule has 170 valence electrons. The molecule has 0 spiro atoms. The summed E-state index contributed by atoms with van der Waals surface area (Å²) in [5.41, 5.74) is 1.40. The van der Waals surface area contributed by atoms with Crippen molar-refractivity contribution in [3.8, 4) is 16.9 Å². The molecule has 0 N–H and O–H groups in total. The van der Waals surface area contributed by atoms with Gasteiger partial charge in [0.25, 0.3) is 5.95 Å². The average Bonchev–Trinajstić information content (AvgIpc) is 2.73. The summed E-state index contributed by atoms with van der Waals surface area (Å²) < 4.78 is 26.2. The van der Waals surface area contributed by atoms with Gasteiger partial charge in [-0.25, -0.2) is 4.98 Å². The van der Waals surface area contributed by atoms with E-state index in [1.54, 1.807) is 24.5 Å². The second kappa shape index (κ2) is 11.3. The third kappa shape index (κ3) is 6.53. The molecule has 2 aromatic heterocycles. The van der Waals surface area contributed by atoms with Crippen molar-refractivity contribution in [3.05, 3.63) is 42.7 Å². The van der Waals surface area contributed by atoms with Crippen LogP contribution in [-0.2, 0) is 19.1 Å². The maximum Gasteiger partial charge on any atom is 0.255 e. The smallest absolute Gasteiger partial charge is 0.255 e. The standard InChI is InChI=1S/C21H21FN2O5S3/c1-11(25)30-17-10-28-21(19(32-13(3)27)18(17)31-12(2)26)29-16-8-15(9-24-20(16)22)14-4-6-23-7-5-14/h4-9,17-19,21H,10H2,1-3H3/t17-,18+,19+,21-/m1/s1. The molecule has 1 saturated heterocycles. The zero-order valence-electron chi connectivity index (χ0n) is 17.5. The van der Waals surface area contributed by atoms with E-state index in [-0.39, 0.29) is 33.0 Å². The number of carbonyl (C=O) groups excluding carboxylic acids is 3. The molecule has 7 nitrogen and oxygen atoms in total. The highest BCUT2D eigenvalue weighted by molar-refractivity contribution is 8.19. The van der Waals surface area contributed by atoms with E-state index < -0.39 is 22.7 Å². The van der Waals surface area contributed by atoms with Crippen LogP contribution < -0.4 is 4.74 Å². The summed E-state index contributed by atoms with van der Waals surface area (Å²) in [7, 11) is 0. The van der Waals surface area contributed by atoms with Gasteiger partial charge in [0.15, 0.2) is 21.1 Å². The number of hydrogen-bond donors (Lipinski definition) is 0. The first-order valence-corrected chi connectivity index (χ1v) is 12.2. The first-order chi connectivity index (χ1) is 15.2. The molecule has 3 heterocycles.